The maximum absolute atomic E-state index is 12.6. The van der Waals surface area contributed by atoms with Crippen LogP contribution in [0.5, 0.6) is 0 Å². The van der Waals surface area contributed by atoms with Crippen molar-refractivity contribution >= 4 is 5.91 Å². The van der Waals surface area contributed by atoms with Gasteiger partial charge in [-0.05, 0) is 54.4 Å². The minimum absolute atomic E-state index is 0.250. The van der Waals surface area contributed by atoms with Gasteiger partial charge in [-0.15, -0.1) is 0 Å². The Morgan fingerprint density at radius 1 is 1.17 bits per heavy atom. The van der Waals surface area contributed by atoms with Crippen molar-refractivity contribution < 1.29 is 4.79 Å². The van der Waals surface area contributed by atoms with Crippen LogP contribution in [0.4, 0.5) is 0 Å². The number of pyridine rings is 1. The van der Waals surface area contributed by atoms with E-state index in [4.69, 9.17) is 0 Å². The number of hydrogen-bond acceptors (Lipinski definition) is 2. The van der Waals surface area contributed by atoms with Gasteiger partial charge < -0.3 is 4.90 Å². The van der Waals surface area contributed by atoms with E-state index in [1.165, 1.54) is 24.0 Å². The van der Waals surface area contributed by atoms with Gasteiger partial charge in [0.15, 0.2) is 0 Å². The van der Waals surface area contributed by atoms with Crippen molar-refractivity contribution in [1.82, 2.24) is 9.88 Å². The van der Waals surface area contributed by atoms with Gasteiger partial charge in [-0.3, -0.25) is 9.78 Å². The fraction of sp³-hybridized carbons (Fsp3) is 0.400. The smallest absolute Gasteiger partial charge is 0.222 e. The Morgan fingerprint density at radius 2 is 1.87 bits per heavy atom. The highest BCUT2D eigenvalue weighted by Gasteiger charge is 2.34. The first-order valence-electron chi connectivity index (χ1n) is 8.42. The van der Waals surface area contributed by atoms with E-state index in [0.29, 0.717) is 18.3 Å². The molecular weight excluding hydrogens is 284 g/mol. The summed E-state index contributed by atoms with van der Waals surface area (Å²) in [5.74, 6) is 1.32. The van der Waals surface area contributed by atoms with E-state index in [2.05, 4.69) is 29.2 Å². The summed E-state index contributed by atoms with van der Waals surface area (Å²) >= 11 is 0. The molecule has 1 unspecified atom stereocenters. The second-order valence-electron chi connectivity index (χ2n) is 6.48. The number of carbonyl (C=O) groups excluding carboxylic acids is 1. The van der Waals surface area contributed by atoms with Crippen molar-refractivity contribution in [1.29, 1.82) is 0 Å². The van der Waals surface area contributed by atoms with Crippen LogP contribution in [0.2, 0.25) is 0 Å². The molecule has 1 aromatic carbocycles. The van der Waals surface area contributed by atoms with E-state index in [-0.39, 0.29) is 5.91 Å². The number of likely N-dealkylation sites (N-methyl/N-ethyl adjacent to an activating group) is 1. The van der Waals surface area contributed by atoms with Crippen LogP contribution in [0.25, 0.3) is 0 Å². The van der Waals surface area contributed by atoms with Gasteiger partial charge in [0, 0.05) is 32.4 Å². The Balaban J connectivity index is 1.56. The SMILES string of the molecule is CN(CCc1ccncc1)C(=O)CC(c1ccccc1)C1CC1. The summed E-state index contributed by atoms with van der Waals surface area (Å²) in [4.78, 5) is 18.5. The largest absolute Gasteiger partial charge is 0.345 e. The monoisotopic (exact) mass is 308 g/mol. The minimum Gasteiger partial charge on any atom is -0.345 e. The number of amides is 1. The molecule has 0 spiro atoms. The molecule has 1 atom stereocenters. The van der Waals surface area contributed by atoms with Crippen LogP contribution in [0.1, 0.15) is 36.3 Å². The molecule has 1 heterocycles. The Kier molecular flexibility index (Phi) is 5.06. The molecule has 1 amide bonds. The lowest BCUT2D eigenvalue weighted by atomic mass is 9.90. The maximum Gasteiger partial charge on any atom is 0.222 e. The zero-order chi connectivity index (χ0) is 16.1. The fourth-order valence-corrected chi connectivity index (χ4v) is 3.07. The molecule has 2 aromatic rings. The number of aromatic nitrogens is 1. The van der Waals surface area contributed by atoms with Gasteiger partial charge in [-0.25, -0.2) is 0 Å². The Morgan fingerprint density at radius 3 is 2.52 bits per heavy atom. The topological polar surface area (TPSA) is 33.2 Å². The predicted octanol–water partition coefficient (Wildman–Crippen LogP) is 3.67. The average Bonchev–Trinajstić information content (AvgIpc) is 3.44. The van der Waals surface area contributed by atoms with E-state index in [1.54, 1.807) is 12.4 Å². The molecule has 120 valence electrons. The Hall–Kier alpha value is -2.16. The minimum atomic E-state index is 0.250. The number of rotatable bonds is 7. The standard InChI is InChI=1S/C20H24N2O/c1-22(14-11-16-9-12-21-13-10-16)20(23)15-19(18-7-8-18)17-5-3-2-4-6-17/h2-6,9-10,12-13,18-19H,7-8,11,14-15H2,1H3. The van der Waals surface area contributed by atoms with Crippen molar-refractivity contribution in [3.05, 3.63) is 66.0 Å². The number of hydrogen-bond donors (Lipinski definition) is 0. The van der Waals surface area contributed by atoms with Crippen molar-refractivity contribution in [2.45, 2.75) is 31.6 Å². The molecule has 0 radical (unpaired) electrons. The first-order chi connectivity index (χ1) is 11.2. The second-order valence-corrected chi connectivity index (χ2v) is 6.48. The highest BCUT2D eigenvalue weighted by Crippen LogP contribution is 2.44. The molecule has 3 nitrogen and oxygen atoms in total. The van der Waals surface area contributed by atoms with Crippen LogP contribution < -0.4 is 0 Å². The lowest BCUT2D eigenvalue weighted by Gasteiger charge is -2.22. The van der Waals surface area contributed by atoms with Gasteiger partial charge >= 0.3 is 0 Å². The van der Waals surface area contributed by atoms with Crippen LogP contribution in [0.15, 0.2) is 54.9 Å². The summed E-state index contributed by atoms with van der Waals surface area (Å²) in [5.41, 5.74) is 2.53. The summed E-state index contributed by atoms with van der Waals surface area (Å²) in [5, 5.41) is 0. The van der Waals surface area contributed by atoms with Crippen molar-refractivity contribution in [3.63, 3.8) is 0 Å². The second kappa shape index (κ2) is 7.40. The highest BCUT2D eigenvalue weighted by atomic mass is 16.2. The average molecular weight is 308 g/mol. The van der Waals surface area contributed by atoms with Crippen LogP contribution in [-0.4, -0.2) is 29.4 Å². The first kappa shape index (κ1) is 15.7. The Bertz CT molecular complexity index is 623. The number of nitrogens with zero attached hydrogens (tertiary/aromatic N) is 2. The molecule has 0 bridgehead atoms. The molecule has 0 saturated heterocycles. The molecule has 1 aromatic heterocycles. The number of benzene rings is 1. The fourth-order valence-electron chi connectivity index (χ4n) is 3.07. The van der Waals surface area contributed by atoms with E-state index < -0.39 is 0 Å². The van der Waals surface area contributed by atoms with E-state index >= 15 is 0 Å². The van der Waals surface area contributed by atoms with Gasteiger partial charge in [-0.1, -0.05) is 30.3 Å². The van der Waals surface area contributed by atoms with Crippen LogP contribution in [0, 0.1) is 5.92 Å². The van der Waals surface area contributed by atoms with E-state index in [9.17, 15) is 4.79 Å². The van der Waals surface area contributed by atoms with Gasteiger partial charge in [0.05, 0.1) is 0 Å². The van der Waals surface area contributed by atoms with Gasteiger partial charge in [0.2, 0.25) is 5.91 Å². The zero-order valence-corrected chi connectivity index (χ0v) is 13.7. The third-order valence-electron chi connectivity index (χ3n) is 4.72. The highest BCUT2D eigenvalue weighted by molar-refractivity contribution is 5.77. The molecule has 23 heavy (non-hydrogen) atoms. The molecule has 1 aliphatic rings. The quantitative estimate of drug-likeness (QED) is 0.782. The molecule has 3 rings (SSSR count). The van der Waals surface area contributed by atoms with Crippen LogP contribution >= 0.6 is 0 Å². The van der Waals surface area contributed by atoms with Gasteiger partial charge in [-0.2, -0.15) is 0 Å². The molecular formula is C20H24N2O. The van der Waals surface area contributed by atoms with Crippen LogP contribution in [0.3, 0.4) is 0 Å². The summed E-state index contributed by atoms with van der Waals surface area (Å²) in [7, 11) is 1.92. The van der Waals surface area contributed by atoms with Crippen molar-refractivity contribution in [2.24, 2.45) is 5.92 Å². The molecule has 1 saturated carbocycles. The molecule has 0 N–H and O–H groups in total. The molecule has 0 aliphatic heterocycles. The Labute approximate surface area is 138 Å². The molecule has 3 heteroatoms. The summed E-state index contributed by atoms with van der Waals surface area (Å²) < 4.78 is 0. The maximum atomic E-state index is 12.6. The third-order valence-corrected chi connectivity index (χ3v) is 4.72. The summed E-state index contributed by atoms with van der Waals surface area (Å²) in [6.07, 6.45) is 7.62. The normalized spacial score (nSPS) is 15.2. The van der Waals surface area contributed by atoms with Crippen molar-refractivity contribution in [3.8, 4) is 0 Å². The predicted molar refractivity (Wildman–Crippen MR) is 92.1 cm³/mol. The van der Waals surface area contributed by atoms with E-state index in [1.807, 2.05) is 30.1 Å². The summed E-state index contributed by atoms with van der Waals surface area (Å²) in [6, 6.07) is 14.5. The van der Waals surface area contributed by atoms with Crippen molar-refractivity contribution in [2.75, 3.05) is 13.6 Å². The van der Waals surface area contributed by atoms with Crippen LogP contribution in [-0.2, 0) is 11.2 Å². The van der Waals surface area contributed by atoms with E-state index in [0.717, 1.165) is 13.0 Å². The van der Waals surface area contributed by atoms with Gasteiger partial charge in [0.25, 0.3) is 0 Å². The molecule has 1 aliphatic carbocycles. The first-order valence-corrected chi connectivity index (χ1v) is 8.42. The summed E-state index contributed by atoms with van der Waals surface area (Å²) in [6.45, 7) is 0.759. The van der Waals surface area contributed by atoms with Gasteiger partial charge in [0.1, 0.15) is 0 Å². The molecule has 1 fully saturated rings. The number of carbonyl (C=O) groups is 1. The lowest BCUT2D eigenvalue weighted by Crippen LogP contribution is -2.30. The zero-order valence-electron chi connectivity index (χ0n) is 13.7. The third kappa shape index (κ3) is 4.41. The lowest BCUT2D eigenvalue weighted by molar-refractivity contribution is -0.130.